The van der Waals surface area contributed by atoms with Gasteiger partial charge in [-0.15, -0.1) is 0 Å². The predicted octanol–water partition coefficient (Wildman–Crippen LogP) is 3.02. The van der Waals surface area contributed by atoms with Crippen LogP contribution in [-0.4, -0.2) is 16.1 Å². The second kappa shape index (κ2) is 5.34. The van der Waals surface area contributed by atoms with Crippen LogP contribution in [0.4, 0.5) is 0 Å². The number of para-hydroxylation sites is 1. The Morgan fingerprint density at radius 1 is 1.27 bits per heavy atom. The number of hydrogen-bond donors (Lipinski definition) is 1. The van der Waals surface area contributed by atoms with Gasteiger partial charge in [0.05, 0.1) is 11.8 Å². The van der Waals surface area contributed by atoms with Crippen molar-refractivity contribution in [3.63, 3.8) is 0 Å². The Balaban J connectivity index is 2.30. The van der Waals surface area contributed by atoms with Crippen LogP contribution in [0, 0.1) is 11.3 Å². The van der Waals surface area contributed by atoms with Crippen molar-refractivity contribution in [2.24, 2.45) is 0 Å². The number of carbonyl (C=O) groups is 1. The van der Waals surface area contributed by atoms with Crippen molar-refractivity contribution in [2.45, 2.75) is 13.5 Å². The summed E-state index contributed by atoms with van der Waals surface area (Å²) < 4.78 is 5.74. The Kier molecular flexibility index (Phi) is 3.36. The van der Waals surface area contributed by atoms with Crippen LogP contribution in [0.3, 0.4) is 0 Å². The molecule has 2 heterocycles. The molecule has 0 spiro atoms. The predicted molar refractivity (Wildman–Crippen MR) is 79.3 cm³/mol. The molecule has 5 nitrogen and oxygen atoms in total. The molecule has 0 radical (unpaired) electrons. The van der Waals surface area contributed by atoms with Gasteiger partial charge in [-0.1, -0.05) is 18.2 Å². The van der Waals surface area contributed by atoms with Crippen LogP contribution in [0.25, 0.3) is 5.57 Å². The van der Waals surface area contributed by atoms with Gasteiger partial charge in [-0.2, -0.15) is 5.26 Å². The van der Waals surface area contributed by atoms with Crippen molar-refractivity contribution in [1.82, 2.24) is 4.98 Å². The zero-order chi connectivity index (χ0) is 15.7. The average molecular weight is 292 g/mol. The molecule has 0 amide bonds. The zero-order valence-corrected chi connectivity index (χ0v) is 11.8. The van der Waals surface area contributed by atoms with Crippen LogP contribution in [0.15, 0.2) is 42.0 Å². The van der Waals surface area contributed by atoms with Crippen LogP contribution in [0.5, 0.6) is 5.75 Å². The van der Waals surface area contributed by atoms with Crippen molar-refractivity contribution < 1.29 is 14.6 Å². The third-order valence-electron chi connectivity index (χ3n) is 3.53. The fourth-order valence-electron chi connectivity index (χ4n) is 2.51. The SMILES string of the molecule is C/C(C#N)=C1\c2ccccc2OCc2nc(C(=O)O)ccc21. The number of benzene rings is 1. The van der Waals surface area contributed by atoms with E-state index in [2.05, 4.69) is 11.1 Å². The first-order valence-corrected chi connectivity index (χ1v) is 6.68. The highest BCUT2D eigenvalue weighted by Crippen LogP contribution is 2.37. The van der Waals surface area contributed by atoms with Crippen LogP contribution in [0.2, 0.25) is 0 Å². The Labute approximate surface area is 127 Å². The lowest BCUT2D eigenvalue weighted by molar-refractivity contribution is 0.0690. The molecule has 1 aliphatic rings. The normalized spacial score (nSPS) is 14.7. The third kappa shape index (κ3) is 2.21. The summed E-state index contributed by atoms with van der Waals surface area (Å²) in [5.74, 6) is -0.436. The Bertz CT molecular complexity index is 847. The van der Waals surface area contributed by atoms with Crippen molar-refractivity contribution in [1.29, 1.82) is 5.26 Å². The lowest BCUT2D eigenvalue weighted by Gasteiger charge is -2.11. The van der Waals surface area contributed by atoms with Gasteiger partial charge in [0.15, 0.2) is 0 Å². The van der Waals surface area contributed by atoms with E-state index in [-0.39, 0.29) is 12.3 Å². The summed E-state index contributed by atoms with van der Waals surface area (Å²) in [5, 5.41) is 18.4. The van der Waals surface area contributed by atoms with Gasteiger partial charge < -0.3 is 9.84 Å². The molecule has 1 aromatic carbocycles. The Morgan fingerprint density at radius 2 is 2.05 bits per heavy atom. The van der Waals surface area contributed by atoms with Crippen LogP contribution < -0.4 is 4.74 Å². The van der Waals surface area contributed by atoms with Crippen molar-refractivity contribution in [2.75, 3.05) is 0 Å². The van der Waals surface area contributed by atoms with Gasteiger partial charge in [0.2, 0.25) is 0 Å². The summed E-state index contributed by atoms with van der Waals surface area (Å²) in [7, 11) is 0. The summed E-state index contributed by atoms with van der Waals surface area (Å²) in [5.41, 5.74) is 3.28. The molecule has 0 fully saturated rings. The molecule has 0 saturated heterocycles. The first-order chi connectivity index (χ1) is 10.6. The second-order valence-electron chi connectivity index (χ2n) is 4.89. The van der Waals surface area contributed by atoms with E-state index >= 15 is 0 Å². The van der Waals surface area contributed by atoms with Gasteiger partial charge in [0.25, 0.3) is 0 Å². The third-order valence-corrected chi connectivity index (χ3v) is 3.53. The molecule has 5 heteroatoms. The molecular formula is C17H12N2O3. The molecule has 3 rings (SSSR count). The maximum Gasteiger partial charge on any atom is 0.354 e. The molecule has 1 N–H and O–H groups in total. The first-order valence-electron chi connectivity index (χ1n) is 6.68. The maximum absolute atomic E-state index is 11.1. The Hall–Kier alpha value is -3.13. The summed E-state index contributed by atoms with van der Waals surface area (Å²) in [6, 6.07) is 12.7. The quantitative estimate of drug-likeness (QED) is 0.817. The minimum atomic E-state index is -1.09. The number of carboxylic acids is 1. The molecule has 0 atom stereocenters. The molecular weight excluding hydrogens is 280 g/mol. The van der Waals surface area contributed by atoms with Gasteiger partial charge in [-0.3, -0.25) is 0 Å². The number of carboxylic acid groups (broad SMARTS) is 1. The number of nitriles is 1. The number of ether oxygens (including phenoxy) is 1. The lowest BCUT2D eigenvalue weighted by atomic mass is 9.93. The van der Waals surface area contributed by atoms with E-state index in [9.17, 15) is 10.1 Å². The zero-order valence-electron chi connectivity index (χ0n) is 11.8. The summed E-state index contributed by atoms with van der Waals surface area (Å²) in [6.45, 7) is 1.89. The highest BCUT2D eigenvalue weighted by Gasteiger charge is 2.23. The van der Waals surface area contributed by atoms with E-state index in [4.69, 9.17) is 9.84 Å². The highest BCUT2D eigenvalue weighted by atomic mass is 16.5. The molecule has 108 valence electrons. The van der Waals surface area contributed by atoms with Crippen LogP contribution >= 0.6 is 0 Å². The van der Waals surface area contributed by atoms with E-state index in [1.807, 2.05) is 24.3 Å². The van der Waals surface area contributed by atoms with Gasteiger partial charge in [-0.05, 0) is 25.1 Å². The average Bonchev–Trinajstić information content (AvgIpc) is 2.70. The number of rotatable bonds is 1. The van der Waals surface area contributed by atoms with Crippen LogP contribution in [0.1, 0.15) is 34.2 Å². The number of allylic oxidation sites excluding steroid dienone is 1. The molecule has 2 aromatic rings. The van der Waals surface area contributed by atoms with Crippen molar-refractivity contribution in [3.8, 4) is 11.8 Å². The monoisotopic (exact) mass is 292 g/mol. The van der Waals surface area contributed by atoms with E-state index in [1.54, 1.807) is 13.0 Å². The molecule has 0 unspecified atom stereocenters. The van der Waals surface area contributed by atoms with Gasteiger partial charge in [0.1, 0.15) is 18.1 Å². The number of pyridine rings is 1. The van der Waals surface area contributed by atoms with E-state index in [0.717, 1.165) is 16.7 Å². The fraction of sp³-hybridized carbons (Fsp3) is 0.118. The standard InChI is InChI=1S/C17H12N2O3/c1-10(8-18)16-11-6-7-13(17(20)21)19-14(11)9-22-15-5-3-2-4-12(15)16/h2-7H,9H2,1H3,(H,20,21)/b16-10+. The maximum atomic E-state index is 11.1. The summed E-state index contributed by atoms with van der Waals surface area (Å²) in [6.07, 6.45) is 0. The van der Waals surface area contributed by atoms with E-state index < -0.39 is 5.97 Å². The largest absolute Gasteiger partial charge is 0.487 e. The van der Waals surface area contributed by atoms with Crippen molar-refractivity contribution in [3.05, 3.63) is 64.5 Å². The van der Waals surface area contributed by atoms with E-state index in [0.29, 0.717) is 17.0 Å². The number of hydrogen-bond acceptors (Lipinski definition) is 4. The van der Waals surface area contributed by atoms with E-state index in [1.165, 1.54) is 6.07 Å². The minimum absolute atomic E-state index is 0.0396. The number of aromatic carboxylic acids is 1. The molecule has 0 bridgehead atoms. The Morgan fingerprint density at radius 3 is 2.77 bits per heavy atom. The molecule has 1 aliphatic heterocycles. The number of aromatic nitrogens is 1. The summed E-state index contributed by atoms with van der Waals surface area (Å²) in [4.78, 5) is 15.2. The van der Waals surface area contributed by atoms with Crippen molar-refractivity contribution >= 4 is 11.5 Å². The smallest absolute Gasteiger partial charge is 0.354 e. The minimum Gasteiger partial charge on any atom is -0.487 e. The fourth-order valence-corrected chi connectivity index (χ4v) is 2.51. The molecule has 0 aliphatic carbocycles. The van der Waals surface area contributed by atoms with Crippen LogP contribution in [-0.2, 0) is 6.61 Å². The number of fused-ring (bicyclic) bond motifs is 2. The summed E-state index contributed by atoms with van der Waals surface area (Å²) >= 11 is 0. The van der Waals surface area contributed by atoms with Gasteiger partial charge in [-0.25, -0.2) is 9.78 Å². The number of nitrogens with zero attached hydrogens (tertiary/aromatic N) is 2. The van der Waals surface area contributed by atoms with Gasteiger partial charge in [0, 0.05) is 22.3 Å². The molecule has 22 heavy (non-hydrogen) atoms. The highest BCUT2D eigenvalue weighted by molar-refractivity contribution is 5.90. The topological polar surface area (TPSA) is 83.2 Å². The molecule has 0 saturated carbocycles. The first kappa shape index (κ1) is 13.8. The lowest BCUT2D eigenvalue weighted by Crippen LogP contribution is -2.07. The second-order valence-corrected chi connectivity index (χ2v) is 4.89. The molecule has 1 aromatic heterocycles. The van der Waals surface area contributed by atoms with Gasteiger partial charge >= 0.3 is 5.97 Å².